The summed E-state index contributed by atoms with van der Waals surface area (Å²) in [7, 11) is 0. The Hall–Kier alpha value is -1.05. The van der Waals surface area contributed by atoms with Crippen molar-refractivity contribution in [3.8, 4) is 0 Å². The zero-order valence-corrected chi connectivity index (χ0v) is 12.6. The van der Waals surface area contributed by atoms with Crippen molar-refractivity contribution in [2.45, 2.75) is 83.9 Å². The van der Waals surface area contributed by atoms with Gasteiger partial charge in [0.05, 0.1) is 0 Å². The molecule has 2 heteroatoms. The van der Waals surface area contributed by atoms with Crippen LogP contribution in [0.4, 0.5) is 0 Å². The Morgan fingerprint density at radius 2 is 1.65 bits per heavy atom. The molecule has 0 spiro atoms. The highest BCUT2D eigenvalue weighted by Crippen LogP contribution is 2.08. The molecule has 0 heterocycles. The molecule has 1 atom stereocenters. The molecule has 0 aromatic rings. The molecule has 2 nitrogen and oxygen atoms in total. The van der Waals surface area contributed by atoms with Crippen LogP contribution >= 0.6 is 0 Å². The van der Waals surface area contributed by atoms with Crippen LogP contribution in [0.25, 0.3) is 0 Å². The molecule has 0 aliphatic carbocycles. The van der Waals surface area contributed by atoms with Gasteiger partial charge in [-0.15, -0.1) is 0 Å². The minimum Gasteiger partial charge on any atom is -0.481 e. The lowest BCUT2D eigenvalue weighted by Gasteiger charge is -1.98. The second kappa shape index (κ2) is 16.0. The molecular formula is C18H32O2. The lowest BCUT2D eigenvalue weighted by Crippen LogP contribution is -1.93. The molecule has 0 aliphatic rings. The molecule has 0 aromatic carbocycles. The number of rotatable bonds is 14. The van der Waals surface area contributed by atoms with Gasteiger partial charge in [0.25, 0.3) is 0 Å². The van der Waals surface area contributed by atoms with Crippen LogP contribution in [0.5, 0.6) is 0 Å². The van der Waals surface area contributed by atoms with E-state index in [4.69, 9.17) is 12.0 Å². The minimum atomic E-state index is -3.05. The highest BCUT2D eigenvalue weighted by atomic mass is 16.4. The predicted molar refractivity (Wildman–Crippen MR) is 87.0 cm³/mol. The number of unbranched alkanes of at least 4 members (excludes halogenated alkanes) is 5. The number of carboxylic acids is 1. The lowest BCUT2D eigenvalue weighted by molar-refractivity contribution is -0.137. The molecule has 0 amide bonds. The highest BCUT2D eigenvalue weighted by molar-refractivity contribution is 5.66. The van der Waals surface area contributed by atoms with Crippen LogP contribution in [0.15, 0.2) is 24.3 Å². The van der Waals surface area contributed by atoms with Crippen LogP contribution in [0.2, 0.25) is 0 Å². The summed E-state index contributed by atoms with van der Waals surface area (Å²) in [5.41, 5.74) is 0. The summed E-state index contributed by atoms with van der Waals surface area (Å²) in [4.78, 5) is 10.8. The highest BCUT2D eigenvalue weighted by Gasteiger charge is 1.95. The summed E-state index contributed by atoms with van der Waals surface area (Å²) in [5, 5.41) is 8.79. The lowest BCUT2D eigenvalue weighted by atomic mass is 10.1. The number of carboxylic acid groups (broad SMARTS) is 1. The van der Waals surface area contributed by atoms with Crippen molar-refractivity contribution in [1.29, 1.82) is 0 Å². The fourth-order valence-corrected chi connectivity index (χ4v) is 1.71. The van der Waals surface area contributed by atoms with Crippen LogP contribution in [0.1, 0.15) is 90.7 Å². The first kappa shape index (κ1) is 11.6. The first-order chi connectivity index (χ1) is 11.7. The summed E-state index contributed by atoms with van der Waals surface area (Å²) in [6.07, 6.45) is 9.39. The van der Waals surface area contributed by atoms with Gasteiger partial charge in [-0.2, -0.15) is 0 Å². The molecule has 1 N–H and O–H groups in total. The largest absolute Gasteiger partial charge is 0.481 e. The molecule has 20 heavy (non-hydrogen) atoms. The zero-order valence-electron chi connectivity index (χ0n) is 17.6. The number of hydrogen-bond donors (Lipinski definition) is 1. The van der Waals surface area contributed by atoms with Crippen LogP contribution in [0.3, 0.4) is 0 Å². The molecule has 0 saturated carbocycles. The molecule has 1 unspecified atom stereocenters. The van der Waals surface area contributed by atoms with Gasteiger partial charge in [0.15, 0.2) is 0 Å². The van der Waals surface area contributed by atoms with E-state index >= 15 is 0 Å². The van der Waals surface area contributed by atoms with E-state index in [2.05, 4.69) is 31.2 Å². The van der Waals surface area contributed by atoms with Gasteiger partial charge in [-0.05, 0) is 38.5 Å². The SMILES string of the molecule is [2H]C(CCCC/C=C\C/C=C\CCCCC)C([2H])([2H])C([2H])([2H])C(=O)O. The maximum absolute atomic E-state index is 10.8. The maximum Gasteiger partial charge on any atom is 0.303 e. The zero-order chi connectivity index (χ0) is 19.3. The van der Waals surface area contributed by atoms with E-state index < -0.39 is 25.1 Å². The van der Waals surface area contributed by atoms with Gasteiger partial charge in [-0.25, -0.2) is 0 Å². The van der Waals surface area contributed by atoms with Crippen LogP contribution < -0.4 is 0 Å². The Balaban J connectivity index is 3.94. The molecule has 0 bridgehead atoms. The van der Waals surface area contributed by atoms with Crippen molar-refractivity contribution >= 4 is 5.97 Å². The molecule has 0 saturated heterocycles. The second-order valence-corrected chi connectivity index (χ2v) is 4.74. The second-order valence-electron chi connectivity index (χ2n) is 4.74. The molecular weight excluding hydrogens is 248 g/mol. The van der Waals surface area contributed by atoms with E-state index in [1.54, 1.807) is 0 Å². The fourth-order valence-electron chi connectivity index (χ4n) is 1.71. The summed E-state index contributed by atoms with van der Waals surface area (Å²) in [5.74, 6) is -1.86. The molecule has 0 rings (SSSR count). The number of aliphatic carboxylic acids is 1. The molecule has 0 radical (unpaired) electrons. The molecule has 0 fully saturated rings. The van der Waals surface area contributed by atoms with Gasteiger partial charge in [0.1, 0.15) is 0 Å². The van der Waals surface area contributed by atoms with Gasteiger partial charge in [0.2, 0.25) is 0 Å². The van der Waals surface area contributed by atoms with E-state index in [1.165, 1.54) is 19.3 Å². The molecule has 0 aromatic heterocycles. The smallest absolute Gasteiger partial charge is 0.303 e. The number of allylic oxidation sites excluding steroid dienone is 4. The van der Waals surface area contributed by atoms with Gasteiger partial charge >= 0.3 is 5.97 Å². The van der Waals surface area contributed by atoms with Crippen molar-refractivity contribution in [1.82, 2.24) is 0 Å². The first-order valence-corrected chi connectivity index (χ1v) is 7.63. The summed E-state index contributed by atoms with van der Waals surface area (Å²) in [6.45, 7) is 2.19. The maximum atomic E-state index is 10.8. The van der Waals surface area contributed by atoms with E-state index in [0.717, 1.165) is 25.7 Å². The van der Waals surface area contributed by atoms with Crippen molar-refractivity contribution < 1.29 is 16.8 Å². The van der Waals surface area contributed by atoms with E-state index in [-0.39, 0.29) is 6.42 Å². The third-order valence-electron chi connectivity index (χ3n) is 2.83. The monoisotopic (exact) mass is 285 g/mol. The van der Waals surface area contributed by atoms with E-state index in [0.29, 0.717) is 6.42 Å². The van der Waals surface area contributed by atoms with Crippen LogP contribution in [0, 0.1) is 0 Å². The van der Waals surface area contributed by atoms with Crippen molar-refractivity contribution in [2.24, 2.45) is 0 Å². The average molecular weight is 285 g/mol. The summed E-state index contributed by atoms with van der Waals surface area (Å²) in [6, 6.07) is 0. The third kappa shape index (κ3) is 16.9. The number of hydrogen-bond acceptors (Lipinski definition) is 1. The molecule has 116 valence electrons. The van der Waals surface area contributed by atoms with Crippen molar-refractivity contribution in [3.05, 3.63) is 24.3 Å². The van der Waals surface area contributed by atoms with Gasteiger partial charge < -0.3 is 5.11 Å². The quantitative estimate of drug-likeness (QED) is 0.319. The van der Waals surface area contributed by atoms with Crippen molar-refractivity contribution in [2.75, 3.05) is 0 Å². The minimum absolute atomic E-state index is 0.144. The fraction of sp³-hybridized carbons (Fsp3) is 0.722. The Morgan fingerprint density at radius 3 is 2.25 bits per heavy atom. The summed E-state index contributed by atoms with van der Waals surface area (Å²) >= 11 is 0. The van der Waals surface area contributed by atoms with Crippen LogP contribution in [-0.4, -0.2) is 11.1 Å². The van der Waals surface area contributed by atoms with E-state index in [9.17, 15) is 4.79 Å². The van der Waals surface area contributed by atoms with E-state index in [1.807, 2.05) is 0 Å². The summed E-state index contributed by atoms with van der Waals surface area (Å²) < 4.78 is 37.7. The van der Waals surface area contributed by atoms with Crippen molar-refractivity contribution in [3.63, 3.8) is 0 Å². The predicted octanol–water partition coefficient (Wildman–Crippen LogP) is 5.88. The average Bonchev–Trinajstić information content (AvgIpc) is 2.55. The first-order valence-electron chi connectivity index (χ1n) is 10.2. The standard InChI is InChI=1S/C18H32O2/c1-2-3-4-5-6-7-8-9-10-11-12-13-14-15-16-17-18(19)20/h6-7,9-10H,2-5,8,11-17H2,1H3,(H,19,20)/b7-6-,10-9-/i15D,16D2,17D2. The topological polar surface area (TPSA) is 37.3 Å². The van der Waals surface area contributed by atoms with Crippen LogP contribution in [-0.2, 0) is 4.79 Å². The number of carbonyl (C=O) groups is 1. The Morgan fingerprint density at radius 1 is 1.00 bits per heavy atom. The Labute approximate surface area is 132 Å². The third-order valence-corrected chi connectivity index (χ3v) is 2.83. The van der Waals surface area contributed by atoms with Gasteiger partial charge in [-0.1, -0.05) is 63.3 Å². The Bertz CT molecular complexity index is 433. The molecule has 0 aliphatic heterocycles. The normalized spacial score (nSPS) is 18.4. The van der Waals surface area contributed by atoms with Gasteiger partial charge in [-0.3, -0.25) is 4.79 Å². The Kier molecular flexibility index (Phi) is 9.28. The van der Waals surface area contributed by atoms with Gasteiger partial charge in [0, 0.05) is 13.2 Å².